The summed E-state index contributed by atoms with van der Waals surface area (Å²) in [5.74, 6) is -0.771. The lowest BCUT2D eigenvalue weighted by atomic mass is 10.2. The highest BCUT2D eigenvalue weighted by Crippen LogP contribution is 2.14. The Labute approximate surface area is 118 Å². The van der Waals surface area contributed by atoms with Gasteiger partial charge in [0.25, 0.3) is 0 Å². The molecule has 0 bridgehead atoms. The summed E-state index contributed by atoms with van der Waals surface area (Å²) in [6.45, 7) is 1.29. The first-order chi connectivity index (χ1) is 9.75. The number of aromatic nitrogens is 1. The summed E-state index contributed by atoms with van der Waals surface area (Å²) < 4.78 is 0. The molecule has 1 heterocycles. The first kappa shape index (κ1) is 14.1. The molecule has 4 heteroatoms. The molecule has 104 valence electrons. The molecule has 0 aliphatic rings. The Morgan fingerprint density at radius 3 is 2.55 bits per heavy atom. The van der Waals surface area contributed by atoms with Crippen molar-refractivity contribution in [3.05, 3.63) is 60.4 Å². The van der Waals surface area contributed by atoms with Gasteiger partial charge in [-0.1, -0.05) is 24.3 Å². The van der Waals surface area contributed by atoms with Crippen LogP contribution in [0, 0.1) is 0 Å². The highest BCUT2D eigenvalue weighted by Gasteiger charge is 2.08. The summed E-state index contributed by atoms with van der Waals surface area (Å²) in [4.78, 5) is 17.0. The van der Waals surface area contributed by atoms with Gasteiger partial charge in [0.2, 0.25) is 0 Å². The van der Waals surface area contributed by atoms with Crippen molar-refractivity contribution in [1.29, 1.82) is 0 Å². The first-order valence-corrected chi connectivity index (χ1v) is 6.66. The highest BCUT2D eigenvalue weighted by molar-refractivity contribution is 5.67. The molecule has 4 nitrogen and oxygen atoms in total. The van der Waals surface area contributed by atoms with E-state index in [2.05, 4.69) is 9.88 Å². The quantitative estimate of drug-likeness (QED) is 0.840. The SMILES string of the molecule is O=C(O)CCN(CCc1cccnc1)c1ccccc1. The standard InChI is InChI=1S/C16H18N2O2/c19-16(20)9-12-18(15-6-2-1-3-7-15)11-8-14-5-4-10-17-13-14/h1-7,10,13H,8-9,11-12H2,(H,19,20). The van der Waals surface area contributed by atoms with E-state index in [1.807, 2.05) is 48.7 Å². The van der Waals surface area contributed by atoms with Gasteiger partial charge in [-0.15, -0.1) is 0 Å². The number of pyridine rings is 1. The summed E-state index contributed by atoms with van der Waals surface area (Å²) in [5, 5.41) is 8.86. The minimum atomic E-state index is -0.771. The predicted molar refractivity (Wildman–Crippen MR) is 78.8 cm³/mol. The highest BCUT2D eigenvalue weighted by atomic mass is 16.4. The van der Waals surface area contributed by atoms with Crippen LogP contribution in [-0.4, -0.2) is 29.1 Å². The van der Waals surface area contributed by atoms with Gasteiger partial charge in [0.1, 0.15) is 0 Å². The number of anilines is 1. The Kier molecular flexibility index (Phi) is 5.12. The number of aliphatic carboxylic acids is 1. The van der Waals surface area contributed by atoms with Crippen molar-refractivity contribution in [2.75, 3.05) is 18.0 Å². The molecule has 0 saturated carbocycles. The molecule has 1 N–H and O–H groups in total. The van der Waals surface area contributed by atoms with E-state index in [-0.39, 0.29) is 6.42 Å². The summed E-state index contributed by atoms with van der Waals surface area (Å²) in [5.41, 5.74) is 2.21. The monoisotopic (exact) mass is 270 g/mol. The van der Waals surface area contributed by atoms with Gasteiger partial charge >= 0.3 is 5.97 Å². The van der Waals surface area contributed by atoms with Crippen molar-refractivity contribution in [1.82, 2.24) is 4.98 Å². The van der Waals surface area contributed by atoms with Crippen LogP contribution in [0.1, 0.15) is 12.0 Å². The second-order valence-corrected chi connectivity index (χ2v) is 4.58. The molecule has 2 rings (SSSR count). The lowest BCUT2D eigenvalue weighted by Crippen LogP contribution is -2.28. The second kappa shape index (κ2) is 7.28. The smallest absolute Gasteiger partial charge is 0.305 e. The number of carboxylic acid groups (broad SMARTS) is 1. The normalized spacial score (nSPS) is 10.2. The Balaban J connectivity index is 2.01. The number of rotatable bonds is 7. The van der Waals surface area contributed by atoms with Gasteiger partial charge in [-0.05, 0) is 30.2 Å². The summed E-state index contributed by atoms with van der Waals surface area (Å²) in [6.07, 6.45) is 4.59. The van der Waals surface area contributed by atoms with Gasteiger partial charge in [-0.2, -0.15) is 0 Å². The minimum absolute atomic E-state index is 0.141. The molecular formula is C16H18N2O2. The zero-order valence-corrected chi connectivity index (χ0v) is 11.3. The molecular weight excluding hydrogens is 252 g/mol. The maximum Gasteiger partial charge on any atom is 0.305 e. The van der Waals surface area contributed by atoms with Crippen LogP contribution in [0.25, 0.3) is 0 Å². The Hall–Kier alpha value is -2.36. The molecule has 1 aromatic carbocycles. The van der Waals surface area contributed by atoms with E-state index >= 15 is 0 Å². The second-order valence-electron chi connectivity index (χ2n) is 4.58. The largest absolute Gasteiger partial charge is 0.481 e. The zero-order valence-electron chi connectivity index (χ0n) is 11.3. The van der Waals surface area contributed by atoms with Crippen LogP contribution in [0.4, 0.5) is 5.69 Å². The van der Waals surface area contributed by atoms with Crippen LogP contribution in [-0.2, 0) is 11.2 Å². The summed E-state index contributed by atoms with van der Waals surface area (Å²) in [6, 6.07) is 13.9. The van der Waals surface area contributed by atoms with E-state index in [1.165, 1.54) is 0 Å². The van der Waals surface area contributed by atoms with Crippen LogP contribution in [0.3, 0.4) is 0 Å². The number of hydrogen-bond acceptors (Lipinski definition) is 3. The lowest BCUT2D eigenvalue weighted by Gasteiger charge is -2.24. The molecule has 0 unspecified atom stereocenters. The number of carbonyl (C=O) groups is 1. The predicted octanol–water partition coefficient (Wildman–Crippen LogP) is 2.61. The molecule has 0 fully saturated rings. The van der Waals surface area contributed by atoms with Gasteiger partial charge < -0.3 is 10.0 Å². The summed E-state index contributed by atoms with van der Waals surface area (Å²) in [7, 11) is 0. The van der Waals surface area contributed by atoms with Crippen LogP contribution >= 0.6 is 0 Å². The van der Waals surface area contributed by atoms with Crippen molar-refractivity contribution < 1.29 is 9.90 Å². The lowest BCUT2D eigenvalue weighted by molar-refractivity contribution is -0.136. The van der Waals surface area contributed by atoms with Gasteiger partial charge in [-0.25, -0.2) is 0 Å². The Bertz CT molecular complexity index is 529. The van der Waals surface area contributed by atoms with Gasteiger partial charge in [0.05, 0.1) is 6.42 Å². The molecule has 0 saturated heterocycles. The fraction of sp³-hybridized carbons (Fsp3) is 0.250. The molecule has 0 spiro atoms. The van der Waals surface area contributed by atoms with Crippen molar-refractivity contribution in [2.24, 2.45) is 0 Å². The maximum absolute atomic E-state index is 10.8. The number of hydrogen-bond donors (Lipinski definition) is 1. The molecule has 0 aliphatic heterocycles. The van der Waals surface area contributed by atoms with E-state index in [1.54, 1.807) is 6.20 Å². The van der Waals surface area contributed by atoms with Crippen LogP contribution < -0.4 is 4.90 Å². The molecule has 20 heavy (non-hydrogen) atoms. The van der Waals surface area contributed by atoms with E-state index in [9.17, 15) is 4.79 Å². The van der Waals surface area contributed by atoms with Gasteiger partial charge in [-0.3, -0.25) is 9.78 Å². The third-order valence-electron chi connectivity index (χ3n) is 3.11. The molecule has 0 aliphatic carbocycles. The minimum Gasteiger partial charge on any atom is -0.481 e. The Morgan fingerprint density at radius 1 is 1.10 bits per heavy atom. The molecule has 1 aromatic heterocycles. The van der Waals surface area contributed by atoms with Crippen molar-refractivity contribution >= 4 is 11.7 Å². The van der Waals surface area contributed by atoms with E-state index in [0.29, 0.717) is 6.54 Å². The molecule has 0 atom stereocenters. The average Bonchev–Trinajstić information content (AvgIpc) is 2.49. The van der Waals surface area contributed by atoms with E-state index in [4.69, 9.17) is 5.11 Å². The van der Waals surface area contributed by atoms with Crippen molar-refractivity contribution in [3.63, 3.8) is 0 Å². The van der Waals surface area contributed by atoms with Crippen LogP contribution in [0.2, 0.25) is 0 Å². The van der Waals surface area contributed by atoms with Crippen LogP contribution in [0.5, 0.6) is 0 Å². The zero-order chi connectivity index (χ0) is 14.2. The van der Waals surface area contributed by atoms with Crippen LogP contribution in [0.15, 0.2) is 54.9 Å². The number of para-hydroxylation sites is 1. The third kappa shape index (κ3) is 4.39. The fourth-order valence-corrected chi connectivity index (χ4v) is 2.05. The number of nitrogens with zero attached hydrogens (tertiary/aromatic N) is 2. The van der Waals surface area contributed by atoms with Crippen molar-refractivity contribution in [2.45, 2.75) is 12.8 Å². The topological polar surface area (TPSA) is 53.4 Å². The van der Waals surface area contributed by atoms with Gasteiger partial charge in [0.15, 0.2) is 0 Å². The maximum atomic E-state index is 10.8. The van der Waals surface area contributed by atoms with E-state index in [0.717, 1.165) is 24.2 Å². The number of carboxylic acids is 1. The van der Waals surface area contributed by atoms with E-state index < -0.39 is 5.97 Å². The fourth-order valence-electron chi connectivity index (χ4n) is 2.05. The average molecular weight is 270 g/mol. The summed E-state index contributed by atoms with van der Waals surface area (Å²) >= 11 is 0. The molecule has 0 amide bonds. The Morgan fingerprint density at radius 2 is 1.90 bits per heavy atom. The third-order valence-corrected chi connectivity index (χ3v) is 3.11. The van der Waals surface area contributed by atoms with Gasteiger partial charge in [0, 0.05) is 31.2 Å². The van der Waals surface area contributed by atoms with Crippen molar-refractivity contribution in [3.8, 4) is 0 Å². The molecule has 0 radical (unpaired) electrons. The molecule has 2 aromatic rings. The first-order valence-electron chi connectivity index (χ1n) is 6.66. The number of benzene rings is 1.